The summed E-state index contributed by atoms with van der Waals surface area (Å²) in [6.07, 6.45) is 1.18. The van der Waals surface area contributed by atoms with Crippen LogP contribution in [0.1, 0.15) is 36.5 Å². The minimum atomic E-state index is -10.7. The monoisotopic (exact) mass is 490 g/mol. The molecule has 1 aliphatic heterocycles. The molecule has 0 amide bonds. The van der Waals surface area contributed by atoms with Crippen molar-refractivity contribution in [2.45, 2.75) is 38.5 Å². The van der Waals surface area contributed by atoms with E-state index in [1.54, 1.807) is 21.7 Å². The van der Waals surface area contributed by atoms with Crippen molar-refractivity contribution < 1.29 is 25.2 Å². The van der Waals surface area contributed by atoms with Gasteiger partial charge in [-0.05, 0) is 49.2 Å². The van der Waals surface area contributed by atoms with Crippen LogP contribution in [-0.4, -0.2) is 5.66 Å². The van der Waals surface area contributed by atoms with Gasteiger partial charge in [0.1, 0.15) is 0 Å². The number of rotatable bonds is 2. The summed E-state index contributed by atoms with van der Waals surface area (Å²) in [5.41, 5.74) is 5.14. The number of aryl methyl sites for hydroxylation is 1. The molecule has 0 bridgehead atoms. The molecular weight excluding hydrogens is 464 g/mol. The van der Waals surface area contributed by atoms with E-state index in [4.69, 9.17) is 0 Å². The van der Waals surface area contributed by atoms with Gasteiger partial charge in [-0.15, -0.1) is 0 Å². The second kappa shape index (κ2) is 7.85. The van der Waals surface area contributed by atoms with Crippen LogP contribution in [0.3, 0.4) is 0 Å². The molecule has 0 aromatic heterocycles. The van der Waals surface area contributed by atoms with Crippen LogP contribution in [-0.2, 0) is 6.16 Å². The predicted molar refractivity (Wildman–Crippen MR) is 125 cm³/mol. The van der Waals surface area contributed by atoms with Gasteiger partial charge in [-0.1, -0.05) is 67.1 Å². The SMILES string of the molecule is Cc1ccc2c(c1)C[P+](c1ccccc1)(c1ccccc1)C(C)C2C.F[P-](F)(F)(F)(F)F. The normalized spacial score (nSPS) is 21.9. The molecule has 2 atom stereocenters. The summed E-state index contributed by atoms with van der Waals surface area (Å²) < 4.78 is 59.2. The minimum absolute atomic E-state index is 0.582. The summed E-state index contributed by atoms with van der Waals surface area (Å²) in [5.74, 6) is 0.582. The first-order valence-electron chi connectivity index (χ1n) is 10.2. The van der Waals surface area contributed by atoms with Crippen molar-refractivity contribution in [3.05, 3.63) is 95.6 Å². The molecule has 0 fully saturated rings. The summed E-state index contributed by atoms with van der Waals surface area (Å²) in [7, 11) is -12.2. The first kappa shape index (κ1) is 24.7. The van der Waals surface area contributed by atoms with E-state index >= 15 is 0 Å². The quantitative estimate of drug-likeness (QED) is 0.248. The first-order valence-corrected chi connectivity index (χ1v) is 14.3. The van der Waals surface area contributed by atoms with Crippen LogP contribution in [0.5, 0.6) is 0 Å². The molecule has 3 aromatic carbocycles. The Hall–Kier alpha value is -1.90. The van der Waals surface area contributed by atoms with Gasteiger partial charge in [0.05, 0.1) is 29.7 Å². The Labute approximate surface area is 185 Å². The summed E-state index contributed by atoms with van der Waals surface area (Å²) in [6.45, 7) is 7.13. The van der Waals surface area contributed by atoms with E-state index in [-0.39, 0.29) is 0 Å². The van der Waals surface area contributed by atoms with Gasteiger partial charge in [0.2, 0.25) is 0 Å². The summed E-state index contributed by atoms with van der Waals surface area (Å²) in [4.78, 5) is 0. The Morgan fingerprint density at radius 1 is 0.719 bits per heavy atom. The van der Waals surface area contributed by atoms with Gasteiger partial charge in [-0.25, -0.2) is 0 Å². The molecule has 32 heavy (non-hydrogen) atoms. The second-order valence-corrected chi connectivity index (χ2v) is 14.2. The fraction of sp³-hybridized carbons (Fsp3) is 0.250. The molecule has 0 saturated carbocycles. The molecule has 0 aliphatic carbocycles. The predicted octanol–water partition coefficient (Wildman–Crippen LogP) is 9.05. The van der Waals surface area contributed by atoms with Crippen LogP contribution in [0.2, 0.25) is 0 Å². The molecule has 8 heteroatoms. The zero-order valence-electron chi connectivity index (χ0n) is 18.0. The number of hydrogen-bond donors (Lipinski definition) is 0. The van der Waals surface area contributed by atoms with Gasteiger partial charge in [-0.2, -0.15) is 0 Å². The van der Waals surface area contributed by atoms with E-state index in [0.717, 1.165) is 0 Å². The van der Waals surface area contributed by atoms with Gasteiger partial charge >= 0.3 is 33.0 Å². The molecule has 1 aliphatic rings. The van der Waals surface area contributed by atoms with Crippen LogP contribution in [0.4, 0.5) is 25.2 Å². The maximum absolute atomic E-state index is 10.7. The van der Waals surface area contributed by atoms with Crippen molar-refractivity contribution >= 4 is 25.7 Å². The van der Waals surface area contributed by atoms with Gasteiger partial charge < -0.3 is 0 Å². The molecule has 0 nitrogen and oxygen atoms in total. The van der Waals surface area contributed by atoms with Crippen molar-refractivity contribution in [3.63, 3.8) is 0 Å². The number of halogens is 6. The second-order valence-electron chi connectivity index (χ2n) is 8.39. The Morgan fingerprint density at radius 2 is 1.16 bits per heavy atom. The molecular formula is C24H26F6P2. The van der Waals surface area contributed by atoms with E-state index in [9.17, 15) is 25.2 Å². The van der Waals surface area contributed by atoms with Gasteiger partial charge in [0.25, 0.3) is 0 Å². The van der Waals surface area contributed by atoms with Crippen molar-refractivity contribution in [3.8, 4) is 0 Å². The van der Waals surface area contributed by atoms with Gasteiger partial charge in [-0.3, -0.25) is 0 Å². The molecule has 2 unspecified atom stereocenters. The molecule has 1 heterocycles. The van der Waals surface area contributed by atoms with Crippen molar-refractivity contribution in [1.82, 2.24) is 0 Å². The zero-order valence-corrected chi connectivity index (χ0v) is 19.8. The van der Waals surface area contributed by atoms with Crippen molar-refractivity contribution in [2.24, 2.45) is 0 Å². The Bertz CT molecular complexity index is 1030. The van der Waals surface area contributed by atoms with E-state index in [2.05, 4.69) is 99.6 Å². The number of benzene rings is 3. The van der Waals surface area contributed by atoms with E-state index in [1.165, 1.54) is 11.7 Å². The zero-order chi connectivity index (χ0) is 23.8. The fourth-order valence-electron chi connectivity index (χ4n) is 4.56. The van der Waals surface area contributed by atoms with Crippen LogP contribution >= 0.6 is 15.1 Å². The average Bonchev–Trinajstić information content (AvgIpc) is 2.69. The maximum atomic E-state index is 9.87. The number of hydrogen-bond acceptors (Lipinski definition) is 0. The van der Waals surface area contributed by atoms with E-state index in [1.807, 2.05) is 0 Å². The van der Waals surface area contributed by atoms with Crippen molar-refractivity contribution in [1.29, 1.82) is 0 Å². The molecule has 0 spiro atoms. The molecule has 0 radical (unpaired) electrons. The Balaban J connectivity index is 0.000000360. The summed E-state index contributed by atoms with van der Waals surface area (Å²) in [6, 6.07) is 29.7. The molecule has 0 saturated heterocycles. The van der Waals surface area contributed by atoms with E-state index in [0.29, 0.717) is 11.6 Å². The fourth-order valence-corrected chi connectivity index (χ4v) is 9.60. The number of fused-ring (bicyclic) bond motifs is 1. The summed E-state index contributed by atoms with van der Waals surface area (Å²) in [5, 5.41) is 3.10. The van der Waals surface area contributed by atoms with Crippen molar-refractivity contribution in [2.75, 3.05) is 0 Å². The third kappa shape index (κ3) is 6.11. The Kier molecular flexibility index (Phi) is 6.07. The average molecular weight is 490 g/mol. The van der Waals surface area contributed by atoms with Gasteiger partial charge in [0.15, 0.2) is 0 Å². The third-order valence-electron chi connectivity index (χ3n) is 6.06. The van der Waals surface area contributed by atoms with Gasteiger partial charge in [0, 0.05) is 5.92 Å². The summed E-state index contributed by atoms with van der Waals surface area (Å²) >= 11 is 0. The molecule has 4 rings (SSSR count). The van der Waals surface area contributed by atoms with E-state index < -0.39 is 15.1 Å². The van der Waals surface area contributed by atoms with Crippen LogP contribution in [0.15, 0.2) is 78.9 Å². The standard InChI is InChI=1S/C24H26P.F6P/c1-18-14-15-24-19(2)20(3)25(17-21(24)16-18,22-10-6-4-7-11-22)23-12-8-5-9-13-23;1-7(2,3,4,5)6/h4-16,19-20H,17H2,1-3H3;/q+1;-1. The van der Waals surface area contributed by atoms with Crippen LogP contribution < -0.4 is 10.6 Å². The third-order valence-corrected chi connectivity index (χ3v) is 11.2. The van der Waals surface area contributed by atoms with Crippen LogP contribution in [0.25, 0.3) is 0 Å². The Morgan fingerprint density at radius 3 is 1.59 bits per heavy atom. The molecule has 174 valence electrons. The first-order chi connectivity index (χ1) is 14.6. The molecule has 3 aromatic rings. The van der Waals surface area contributed by atoms with Crippen LogP contribution in [0, 0.1) is 6.92 Å². The molecule has 0 N–H and O–H groups in total. The topological polar surface area (TPSA) is 0 Å².